The topological polar surface area (TPSA) is 647 Å². The molecule has 30 N–H and O–H groups in total. The van der Waals surface area contributed by atoms with Crippen LogP contribution in [0.25, 0.3) is 0 Å². The van der Waals surface area contributed by atoms with Gasteiger partial charge in [-0.3, -0.25) is 0 Å². The van der Waals surface area contributed by atoms with Gasteiger partial charge in [-0.2, -0.15) is 0 Å². The van der Waals surface area contributed by atoms with Gasteiger partial charge >= 0.3 is 54.8 Å². The fourth-order valence-electron chi connectivity index (χ4n) is 12.4. The number of hydrogen-bond acceptors (Lipinski definition) is 29. The predicted octanol–water partition coefficient (Wildman–Crippen LogP) is 9.01. The molecule has 9 aromatic rings. The maximum atomic E-state index is 12.6. The highest BCUT2D eigenvalue weighted by molar-refractivity contribution is 5.69. The molecule has 9 unspecified atom stereocenters. The van der Waals surface area contributed by atoms with Gasteiger partial charge < -0.3 is 153 Å². The van der Waals surface area contributed by atoms with Gasteiger partial charge in [0.1, 0.15) is 71.0 Å². The third-order valence-electron chi connectivity index (χ3n) is 19.7. The molecule has 1 aliphatic heterocycles. The molecule has 1 aliphatic carbocycles. The van der Waals surface area contributed by atoms with Gasteiger partial charge in [0.25, 0.3) is 0 Å². The molecule has 0 aromatic heterocycles. The van der Waals surface area contributed by atoms with E-state index in [0.717, 1.165) is 69.3 Å². The molecule has 9 aromatic carbocycles. The molecule has 9 amide bonds. The van der Waals surface area contributed by atoms with E-state index in [1.54, 1.807) is 55.4 Å². The molecule has 2 aliphatic rings. The summed E-state index contributed by atoms with van der Waals surface area (Å²) >= 11 is 0. The number of alkyl carbamates (subject to hydrolysis) is 3. The smallest absolute Gasteiger partial charge is 0.409 e. The second-order valence-corrected chi connectivity index (χ2v) is 33.5. The van der Waals surface area contributed by atoms with E-state index < -0.39 is 36.6 Å². The molecule has 0 bridgehead atoms. The highest BCUT2D eigenvalue weighted by atomic mass is 19.1. The van der Waals surface area contributed by atoms with Crippen molar-refractivity contribution in [3.63, 3.8) is 0 Å². The number of ether oxygens (including phenoxy) is 10. The first-order chi connectivity index (χ1) is 68.3. The molecule has 782 valence electrons. The average Bonchev–Trinajstić information content (AvgIpc) is 1.82. The first kappa shape index (κ1) is 123. The summed E-state index contributed by atoms with van der Waals surface area (Å²) < 4.78 is 61.1. The summed E-state index contributed by atoms with van der Waals surface area (Å²) in [6, 6.07) is 76.9. The Morgan fingerprint density at radius 1 is 0.357 bits per heavy atom. The number of phenols is 1. The zero-order chi connectivity index (χ0) is 105. The standard InChI is InChI=1S/C14H20N2O3.C13H18N2O2.2C12H18N2O2.3C11H16N2O2.C10H13FN2O2.C10H14N2O3/c15-13(10-12-4-2-1-3-5-12)11-19-14(17)16-6-8-18-9-7-16;14-11(8-10-4-2-1-3-5-10)9-17-13(16)15-12-6-7-12;1-14(2)12(15)16-9-11(13)8-10-6-4-3-5-7-10;1-2-14-12(15)16-9-11(13)8-10-6-4-3-5-7-10;2*1-8-2-4-9(5-3-8)6-10(12)7-15-11(13)14;1-13-11(14)15-8-10(12)7-9-5-3-2-4-6-9;11-8-3-1-7(2-4-8)5-9(12)6-15-10(13)14;11-8(6-15-10(12)14)5-7-1-3-9(13)4-2-7/h1-5,13H,6-11,15H2;1-5,11-12H,6-9,14H2,(H,15,16);3-7,11H,8-9,13H2,1-2H3;3-7,11H,2,8-9,13H2,1H3,(H,14,15);2*2-5,10H,6-7,12H2,1H3,(H2,13,14);2-6,10H,7-8,12H2,1H3,(H,13,14);1-4,9H,5-6,12H2,(H2,13,14);1-4,8,13H,5-6,11H2,(H2,12,14). The van der Waals surface area contributed by atoms with E-state index in [0.29, 0.717) is 90.3 Å². The zero-order valence-electron chi connectivity index (χ0n) is 82.6. The van der Waals surface area contributed by atoms with Crippen LogP contribution in [0.15, 0.2) is 249 Å². The lowest BCUT2D eigenvalue weighted by molar-refractivity contribution is 0.0257. The fourth-order valence-corrected chi connectivity index (χ4v) is 12.4. The number of halogens is 1. The Bertz CT molecular complexity index is 4680. The molecule has 39 heteroatoms. The number of primary amides is 4. The van der Waals surface area contributed by atoms with E-state index in [-0.39, 0.29) is 144 Å². The van der Waals surface area contributed by atoms with Crippen molar-refractivity contribution in [2.45, 2.75) is 152 Å². The van der Waals surface area contributed by atoms with Crippen molar-refractivity contribution in [2.24, 2.45) is 74.5 Å². The average molecular weight is 1990 g/mol. The molecule has 1 saturated carbocycles. The first-order valence-corrected chi connectivity index (χ1v) is 46.7. The Hall–Kier alpha value is -14.3. The molecule has 2 fully saturated rings. The fraction of sp³-hybridized carbons (Fsp3) is 0.394. The lowest BCUT2D eigenvalue weighted by Crippen LogP contribution is -2.42. The van der Waals surface area contributed by atoms with Gasteiger partial charge in [-0.1, -0.05) is 236 Å². The minimum absolute atomic E-state index is 0.0622. The summed E-state index contributed by atoms with van der Waals surface area (Å²) in [5, 5.41) is 16.7. The number of nitrogens with one attached hydrogen (secondary N) is 3. The van der Waals surface area contributed by atoms with E-state index >= 15 is 0 Å². The van der Waals surface area contributed by atoms with Gasteiger partial charge in [0.2, 0.25) is 0 Å². The summed E-state index contributed by atoms with van der Waals surface area (Å²) in [5.41, 5.74) is 83.8. The number of benzene rings is 9. The van der Waals surface area contributed by atoms with Crippen LogP contribution in [0.4, 0.5) is 47.5 Å². The van der Waals surface area contributed by atoms with E-state index in [9.17, 15) is 47.5 Å². The zero-order valence-corrected chi connectivity index (χ0v) is 82.6. The van der Waals surface area contributed by atoms with E-state index in [2.05, 4.69) is 34.9 Å². The monoisotopic (exact) mass is 1990 g/mol. The second-order valence-electron chi connectivity index (χ2n) is 33.5. The van der Waals surface area contributed by atoms with E-state index in [4.69, 9.17) is 108 Å². The van der Waals surface area contributed by atoms with Gasteiger partial charge in [-0.15, -0.1) is 0 Å². The number of carbonyl (C=O) groups excluding carboxylic acids is 9. The number of aryl methyl sites for hydroxylation is 2. The molecule has 38 nitrogen and oxygen atoms in total. The highest BCUT2D eigenvalue weighted by Crippen LogP contribution is 2.19. The molecule has 0 spiro atoms. The number of amides is 9. The number of rotatable bonds is 38. The SMILES string of the molecule is CCNC(=O)OCC(N)Cc1ccccc1.CN(C)C(=O)OCC(N)Cc1ccccc1.CNC(=O)OCC(N)Cc1ccccc1.Cc1ccc(CC(N)COC(N)=O)cc1.Cc1ccc(CC(N)COC(N)=O)cc1.NC(=O)OCC(N)Cc1ccc(F)cc1.NC(=O)OCC(N)Cc1ccc(O)cc1.NC(COC(=O)N1CCOCC1)Cc1ccccc1.NC(COC(=O)NC1CC1)Cc1ccccc1. The number of carbonyl (C=O) groups is 9. The van der Waals surface area contributed by atoms with Crippen LogP contribution in [0, 0.1) is 19.7 Å². The first-order valence-electron chi connectivity index (χ1n) is 46.7. The predicted molar refractivity (Wildman–Crippen MR) is 548 cm³/mol. The van der Waals surface area contributed by atoms with Crippen LogP contribution in [0.2, 0.25) is 0 Å². The van der Waals surface area contributed by atoms with Crippen LogP contribution >= 0.6 is 0 Å². The van der Waals surface area contributed by atoms with Gasteiger partial charge in [0, 0.05) is 101 Å². The summed E-state index contributed by atoms with van der Waals surface area (Å²) in [7, 11) is 4.81. The molecule has 9 atom stereocenters. The van der Waals surface area contributed by atoms with Crippen molar-refractivity contribution in [1.29, 1.82) is 0 Å². The minimum atomic E-state index is -0.843. The molecule has 0 radical (unpaired) electrons. The van der Waals surface area contributed by atoms with Crippen LogP contribution < -0.4 is 90.5 Å². The minimum Gasteiger partial charge on any atom is -0.508 e. The Morgan fingerprint density at radius 2 is 0.601 bits per heavy atom. The molecule has 143 heavy (non-hydrogen) atoms. The molecular weight excluding hydrogens is 1840 g/mol. The quantitative estimate of drug-likeness (QED) is 0.0160. The van der Waals surface area contributed by atoms with Crippen LogP contribution in [0.5, 0.6) is 5.75 Å². The van der Waals surface area contributed by atoms with Crippen molar-refractivity contribution in [3.8, 4) is 5.75 Å². The van der Waals surface area contributed by atoms with E-state index in [1.165, 1.54) is 35.2 Å². The summed E-state index contributed by atoms with van der Waals surface area (Å²) in [5.74, 6) is -0.0820. The van der Waals surface area contributed by atoms with Crippen molar-refractivity contribution in [3.05, 3.63) is 316 Å². The summed E-state index contributed by atoms with van der Waals surface area (Å²) in [6.45, 7) is 10.5. The number of nitrogens with two attached hydrogens (primary N) is 13. The van der Waals surface area contributed by atoms with Gasteiger partial charge in [0.15, 0.2) is 0 Å². The summed E-state index contributed by atoms with van der Waals surface area (Å²) in [4.78, 5) is 100. The number of nitrogens with zero attached hydrogens (tertiary/aromatic N) is 2. The van der Waals surface area contributed by atoms with Crippen molar-refractivity contribution < 1.29 is 100 Å². The van der Waals surface area contributed by atoms with Crippen LogP contribution in [-0.2, 0) is 105 Å². The number of phenolic OH excluding ortho intramolecular Hbond substituents is 1. The van der Waals surface area contributed by atoms with Crippen molar-refractivity contribution in [2.75, 3.05) is 113 Å². The van der Waals surface area contributed by atoms with Crippen molar-refractivity contribution >= 4 is 54.8 Å². The second kappa shape index (κ2) is 73.8. The third-order valence-corrected chi connectivity index (χ3v) is 19.7. The van der Waals surface area contributed by atoms with Crippen molar-refractivity contribution in [1.82, 2.24) is 25.8 Å². The van der Waals surface area contributed by atoms with Crippen LogP contribution in [0.1, 0.15) is 81.0 Å². The van der Waals surface area contributed by atoms with Gasteiger partial charge in [0.05, 0.1) is 13.2 Å². The highest BCUT2D eigenvalue weighted by Gasteiger charge is 2.25. The molecule has 1 saturated heterocycles. The molecular formula is C104H149FN18O20. The lowest BCUT2D eigenvalue weighted by Gasteiger charge is -2.26. The molecule has 11 rings (SSSR count). The van der Waals surface area contributed by atoms with Gasteiger partial charge in [-0.05, 0) is 166 Å². The Morgan fingerprint density at radius 3 is 0.867 bits per heavy atom. The Kier molecular flexibility index (Phi) is 63.4. The normalized spacial score (nSPS) is 13.2. The number of aromatic hydroxyl groups is 1. The lowest BCUT2D eigenvalue weighted by atomic mass is 10.1. The Balaban J connectivity index is 0.000000414. The Labute approximate surface area is 837 Å². The molecule has 1 heterocycles. The third kappa shape index (κ3) is 66.1. The summed E-state index contributed by atoms with van der Waals surface area (Å²) in [6.07, 6.45) is 2.99. The largest absolute Gasteiger partial charge is 0.508 e. The van der Waals surface area contributed by atoms with Gasteiger partial charge in [-0.25, -0.2) is 47.5 Å². The number of hydrogen-bond donors (Lipinski definition) is 17. The van der Waals surface area contributed by atoms with E-state index in [1.807, 2.05) is 221 Å². The van der Waals surface area contributed by atoms with Crippen LogP contribution in [-0.4, -0.2) is 244 Å². The van der Waals surface area contributed by atoms with Crippen LogP contribution in [0.3, 0.4) is 0 Å². The maximum absolute atomic E-state index is 12.6. The number of morpholine rings is 1. The maximum Gasteiger partial charge on any atom is 0.409 e.